The predicted molar refractivity (Wildman–Crippen MR) is 74.6 cm³/mol. The highest BCUT2D eigenvalue weighted by Crippen LogP contribution is 2.13. The standard InChI is InChI=1S/C12H22N2O4S/c1-9(8-19-2)13-12(17)14-5-3-10(4-6-14)18-7-11(15)16/h9-10H,3-8H2,1-2H3,(H,13,17)(H,15,16). The van der Waals surface area contributed by atoms with Gasteiger partial charge in [0.15, 0.2) is 0 Å². The van der Waals surface area contributed by atoms with Gasteiger partial charge in [-0.1, -0.05) is 0 Å². The van der Waals surface area contributed by atoms with E-state index < -0.39 is 5.97 Å². The molecule has 1 unspecified atom stereocenters. The zero-order valence-corrected chi connectivity index (χ0v) is 12.2. The Balaban J connectivity index is 2.25. The van der Waals surface area contributed by atoms with E-state index >= 15 is 0 Å². The molecule has 6 nitrogen and oxygen atoms in total. The van der Waals surface area contributed by atoms with E-state index in [-0.39, 0.29) is 24.8 Å². The van der Waals surface area contributed by atoms with Crippen LogP contribution in [0.4, 0.5) is 4.79 Å². The van der Waals surface area contributed by atoms with Crippen molar-refractivity contribution in [1.82, 2.24) is 10.2 Å². The van der Waals surface area contributed by atoms with Gasteiger partial charge in [0, 0.05) is 24.9 Å². The number of urea groups is 1. The quantitative estimate of drug-likeness (QED) is 0.763. The molecule has 0 bridgehead atoms. The van der Waals surface area contributed by atoms with E-state index in [1.54, 1.807) is 16.7 Å². The molecule has 0 aromatic carbocycles. The normalized spacial score (nSPS) is 18.1. The van der Waals surface area contributed by atoms with Crippen LogP contribution in [0.3, 0.4) is 0 Å². The highest BCUT2D eigenvalue weighted by atomic mass is 32.2. The van der Waals surface area contributed by atoms with Gasteiger partial charge < -0.3 is 20.1 Å². The lowest BCUT2D eigenvalue weighted by atomic mass is 10.1. The minimum atomic E-state index is -0.953. The number of hydrogen-bond donors (Lipinski definition) is 2. The molecule has 0 saturated carbocycles. The second-order valence-electron chi connectivity index (χ2n) is 4.70. The van der Waals surface area contributed by atoms with Crippen molar-refractivity contribution in [2.24, 2.45) is 0 Å². The number of nitrogens with zero attached hydrogens (tertiary/aromatic N) is 1. The smallest absolute Gasteiger partial charge is 0.329 e. The fourth-order valence-corrected chi connectivity index (χ4v) is 2.59. The van der Waals surface area contributed by atoms with Crippen LogP contribution >= 0.6 is 11.8 Å². The fraction of sp³-hybridized carbons (Fsp3) is 0.833. The molecule has 1 heterocycles. The zero-order chi connectivity index (χ0) is 14.3. The first-order valence-corrected chi connectivity index (χ1v) is 7.80. The van der Waals surface area contributed by atoms with Gasteiger partial charge in [-0.15, -0.1) is 0 Å². The Hall–Kier alpha value is -0.950. The molecular weight excluding hydrogens is 268 g/mol. The number of ether oxygens (including phenoxy) is 1. The SMILES string of the molecule is CSCC(C)NC(=O)N1CCC(OCC(=O)O)CC1. The Labute approximate surface area is 117 Å². The first kappa shape index (κ1) is 16.1. The number of hydrogen-bond acceptors (Lipinski definition) is 4. The molecule has 0 radical (unpaired) electrons. The van der Waals surface area contributed by atoms with Crippen molar-refractivity contribution in [3.8, 4) is 0 Å². The van der Waals surface area contributed by atoms with Crippen molar-refractivity contribution in [2.45, 2.75) is 31.9 Å². The number of piperidine rings is 1. The van der Waals surface area contributed by atoms with Crippen molar-refractivity contribution in [2.75, 3.05) is 31.7 Å². The number of likely N-dealkylation sites (tertiary alicyclic amines) is 1. The van der Waals surface area contributed by atoms with E-state index in [9.17, 15) is 9.59 Å². The van der Waals surface area contributed by atoms with Crippen molar-refractivity contribution >= 4 is 23.8 Å². The maximum Gasteiger partial charge on any atom is 0.329 e. The molecule has 0 spiro atoms. The lowest BCUT2D eigenvalue weighted by Crippen LogP contribution is -2.48. The first-order chi connectivity index (χ1) is 9.02. The third-order valence-electron chi connectivity index (χ3n) is 2.96. The maximum atomic E-state index is 11.9. The number of aliphatic carboxylic acids is 1. The topological polar surface area (TPSA) is 78.9 Å². The third kappa shape index (κ3) is 6.15. The van der Waals surface area contributed by atoms with Crippen molar-refractivity contribution in [3.63, 3.8) is 0 Å². The van der Waals surface area contributed by atoms with Crippen LogP contribution in [0.25, 0.3) is 0 Å². The van der Waals surface area contributed by atoms with E-state index in [4.69, 9.17) is 9.84 Å². The highest BCUT2D eigenvalue weighted by Gasteiger charge is 2.24. The average molecular weight is 290 g/mol. The number of rotatable bonds is 6. The van der Waals surface area contributed by atoms with E-state index in [1.807, 2.05) is 13.2 Å². The molecule has 1 fully saturated rings. The molecule has 0 aliphatic carbocycles. The van der Waals surface area contributed by atoms with E-state index in [0.29, 0.717) is 25.9 Å². The molecule has 19 heavy (non-hydrogen) atoms. The van der Waals surface area contributed by atoms with Gasteiger partial charge in [-0.2, -0.15) is 11.8 Å². The summed E-state index contributed by atoms with van der Waals surface area (Å²) in [6.07, 6.45) is 3.34. The summed E-state index contributed by atoms with van der Waals surface area (Å²) in [6.45, 7) is 2.95. The molecule has 110 valence electrons. The summed E-state index contributed by atoms with van der Waals surface area (Å²) >= 11 is 1.70. The number of thioether (sulfide) groups is 1. The Morgan fingerprint density at radius 2 is 2.11 bits per heavy atom. The molecule has 7 heteroatoms. The largest absolute Gasteiger partial charge is 0.480 e. The minimum absolute atomic E-state index is 0.0433. The average Bonchev–Trinajstić information content (AvgIpc) is 2.37. The monoisotopic (exact) mass is 290 g/mol. The van der Waals surface area contributed by atoms with Gasteiger partial charge in [-0.25, -0.2) is 9.59 Å². The second kappa shape index (κ2) is 8.27. The number of carbonyl (C=O) groups excluding carboxylic acids is 1. The lowest BCUT2D eigenvalue weighted by Gasteiger charge is -2.32. The number of amides is 2. The van der Waals surface area contributed by atoms with Crippen LogP contribution in [0.5, 0.6) is 0 Å². The summed E-state index contributed by atoms with van der Waals surface area (Å²) in [7, 11) is 0. The van der Waals surface area contributed by atoms with E-state index in [1.165, 1.54) is 0 Å². The van der Waals surface area contributed by atoms with Gasteiger partial charge in [0.1, 0.15) is 6.61 Å². The van der Waals surface area contributed by atoms with Crippen LogP contribution in [0.2, 0.25) is 0 Å². The molecule has 1 saturated heterocycles. The summed E-state index contributed by atoms with van der Waals surface area (Å²) in [6, 6.07) is 0.113. The molecule has 2 amide bonds. The van der Waals surface area contributed by atoms with Crippen molar-refractivity contribution in [1.29, 1.82) is 0 Å². The molecule has 2 N–H and O–H groups in total. The molecule has 1 aliphatic rings. The predicted octanol–water partition coefficient (Wildman–Crippen LogP) is 1.01. The third-order valence-corrected chi connectivity index (χ3v) is 3.79. The van der Waals surface area contributed by atoms with Gasteiger partial charge >= 0.3 is 12.0 Å². The van der Waals surface area contributed by atoms with Crippen molar-refractivity contribution in [3.05, 3.63) is 0 Å². The summed E-state index contributed by atoms with van der Waals surface area (Å²) in [5.74, 6) is -0.0599. The molecule has 1 atom stereocenters. The Morgan fingerprint density at radius 1 is 1.47 bits per heavy atom. The van der Waals surface area contributed by atoms with Crippen LogP contribution in [0.1, 0.15) is 19.8 Å². The molecule has 1 aliphatic heterocycles. The van der Waals surface area contributed by atoms with Crippen molar-refractivity contribution < 1.29 is 19.4 Å². The second-order valence-corrected chi connectivity index (χ2v) is 5.61. The summed E-state index contributed by atoms with van der Waals surface area (Å²) in [4.78, 5) is 24.1. The van der Waals surface area contributed by atoms with Gasteiger partial charge in [0.2, 0.25) is 0 Å². The Morgan fingerprint density at radius 3 is 2.63 bits per heavy atom. The Kier molecular flexibility index (Phi) is 7.01. The molecule has 0 aromatic rings. The van der Waals surface area contributed by atoms with Crippen LogP contribution in [0.15, 0.2) is 0 Å². The van der Waals surface area contributed by atoms with Gasteiger partial charge in [0.25, 0.3) is 0 Å². The first-order valence-electron chi connectivity index (χ1n) is 6.40. The van der Waals surface area contributed by atoms with E-state index in [0.717, 1.165) is 5.75 Å². The molecule has 0 aromatic heterocycles. The van der Waals surface area contributed by atoms with Crippen LogP contribution in [-0.2, 0) is 9.53 Å². The Bertz CT molecular complexity index is 306. The summed E-state index contributed by atoms with van der Waals surface area (Å²) in [5, 5.41) is 11.5. The van der Waals surface area contributed by atoms with Crippen LogP contribution in [0, 0.1) is 0 Å². The molecular formula is C12H22N2O4S. The molecule has 1 rings (SSSR count). The number of nitrogens with one attached hydrogen (secondary N) is 1. The van der Waals surface area contributed by atoms with Gasteiger partial charge in [-0.3, -0.25) is 0 Å². The van der Waals surface area contributed by atoms with Gasteiger partial charge in [0.05, 0.1) is 6.10 Å². The summed E-state index contributed by atoms with van der Waals surface area (Å²) < 4.78 is 5.23. The zero-order valence-electron chi connectivity index (χ0n) is 11.4. The number of carbonyl (C=O) groups is 2. The highest BCUT2D eigenvalue weighted by molar-refractivity contribution is 7.98. The number of carboxylic acids is 1. The van der Waals surface area contributed by atoms with Gasteiger partial charge in [-0.05, 0) is 26.0 Å². The number of carboxylic acid groups (broad SMARTS) is 1. The van der Waals surface area contributed by atoms with E-state index in [2.05, 4.69) is 5.32 Å². The minimum Gasteiger partial charge on any atom is -0.480 e. The lowest BCUT2D eigenvalue weighted by molar-refractivity contribution is -0.145. The maximum absolute atomic E-state index is 11.9. The summed E-state index contributed by atoms with van der Waals surface area (Å²) in [5.41, 5.74) is 0. The fourth-order valence-electron chi connectivity index (χ4n) is 2.01. The van der Waals surface area contributed by atoms with Crippen LogP contribution in [-0.4, -0.2) is 65.9 Å². The van der Waals surface area contributed by atoms with Crippen LogP contribution < -0.4 is 5.32 Å².